The Kier molecular flexibility index (Phi) is 5.41. The van der Waals surface area contributed by atoms with Crippen LogP contribution in [-0.4, -0.2) is 25.3 Å². The molecule has 0 radical (unpaired) electrons. The van der Waals surface area contributed by atoms with Crippen LogP contribution in [0.2, 0.25) is 0 Å². The Morgan fingerprint density at radius 3 is 2.67 bits per heavy atom. The highest BCUT2D eigenvalue weighted by Gasteiger charge is 2.20. The van der Waals surface area contributed by atoms with Crippen LogP contribution in [0.25, 0.3) is 0 Å². The molecule has 0 amide bonds. The van der Waals surface area contributed by atoms with Crippen molar-refractivity contribution >= 4 is 21.4 Å². The Balaban J connectivity index is 2.20. The summed E-state index contributed by atoms with van der Waals surface area (Å²) in [7, 11) is -2.77. The van der Waals surface area contributed by atoms with Gasteiger partial charge in [-0.1, -0.05) is 19.8 Å². The van der Waals surface area contributed by atoms with Crippen molar-refractivity contribution in [1.82, 2.24) is 0 Å². The zero-order valence-electron chi connectivity index (χ0n) is 9.41. The fourth-order valence-electron chi connectivity index (χ4n) is 2.22. The highest BCUT2D eigenvalue weighted by molar-refractivity contribution is 7.91. The van der Waals surface area contributed by atoms with E-state index in [9.17, 15) is 8.42 Å². The molecule has 0 aromatic carbocycles. The predicted octanol–water partition coefficient (Wildman–Crippen LogP) is 3.00. The number of halogens is 1. The third-order valence-corrected chi connectivity index (χ3v) is 5.41. The van der Waals surface area contributed by atoms with Gasteiger partial charge in [-0.2, -0.15) is 0 Å². The maximum absolute atomic E-state index is 11.3. The van der Waals surface area contributed by atoms with Gasteiger partial charge in [-0.25, -0.2) is 8.42 Å². The molecule has 0 heterocycles. The summed E-state index contributed by atoms with van der Waals surface area (Å²) < 4.78 is 22.6. The van der Waals surface area contributed by atoms with E-state index in [2.05, 4.69) is 0 Å². The van der Waals surface area contributed by atoms with Crippen molar-refractivity contribution in [2.45, 2.75) is 50.8 Å². The average Bonchev–Trinajstić information content (AvgIpc) is 2.18. The molecule has 0 N–H and O–H groups in total. The second kappa shape index (κ2) is 6.09. The molecule has 0 aromatic heterocycles. The van der Waals surface area contributed by atoms with Crippen LogP contribution in [0.4, 0.5) is 0 Å². The van der Waals surface area contributed by atoms with Crippen molar-refractivity contribution in [3.63, 3.8) is 0 Å². The molecule has 2 nitrogen and oxygen atoms in total. The van der Waals surface area contributed by atoms with E-state index in [1.807, 2.05) is 0 Å². The molecule has 0 aromatic rings. The van der Waals surface area contributed by atoms with Crippen molar-refractivity contribution in [1.29, 1.82) is 0 Å². The van der Waals surface area contributed by atoms with Crippen molar-refractivity contribution < 1.29 is 8.42 Å². The monoisotopic (exact) mass is 252 g/mol. The summed E-state index contributed by atoms with van der Waals surface area (Å²) in [5.74, 6) is 1.29. The van der Waals surface area contributed by atoms with Crippen LogP contribution in [0.5, 0.6) is 0 Å². The zero-order chi connectivity index (χ0) is 11.3. The predicted molar refractivity (Wildman–Crippen MR) is 65.2 cm³/mol. The second-order valence-electron chi connectivity index (χ2n) is 4.51. The van der Waals surface area contributed by atoms with Gasteiger partial charge >= 0.3 is 0 Å². The molecule has 0 bridgehead atoms. The largest absolute Gasteiger partial charge is 0.229 e. The van der Waals surface area contributed by atoms with E-state index in [0.717, 1.165) is 25.7 Å². The van der Waals surface area contributed by atoms with Crippen LogP contribution >= 0.6 is 11.6 Å². The molecule has 0 aliphatic heterocycles. The topological polar surface area (TPSA) is 34.1 Å². The maximum Gasteiger partial charge on any atom is 0.150 e. The van der Waals surface area contributed by atoms with E-state index in [4.69, 9.17) is 11.6 Å². The maximum atomic E-state index is 11.3. The van der Waals surface area contributed by atoms with Gasteiger partial charge in [0, 0.05) is 11.1 Å². The molecular weight excluding hydrogens is 232 g/mol. The number of hydrogen-bond acceptors (Lipinski definition) is 2. The first-order chi connectivity index (χ1) is 7.03. The van der Waals surface area contributed by atoms with Gasteiger partial charge in [-0.3, -0.25) is 0 Å². The average molecular weight is 253 g/mol. The molecule has 0 spiro atoms. The van der Waals surface area contributed by atoms with Crippen LogP contribution in [0.3, 0.4) is 0 Å². The molecule has 1 saturated carbocycles. The molecule has 0 saturated heterocycles. The minimum absolute atomic E-state index is 0.274. The first-order valence-electron chi connectivity index (χ1n) is 5.88. The Hall–Kier alpha value is 0.240. The summed E-state index contributed by atoms with van der Waals surface area (Å²) in [6, 6.07) is 0. The Morgan fingerprint density at radius 1 is 1.33 bits per heavy atom. The van der Waals surface area contributed by atoms with Crippen molar-refractivity contribution in [3.8, 4) is 0 Å². The first kappa shape index (κ1) is 13.3. The summed E-state index contributed by atoms with van der Waals surface area (Å²) in [5, 5.41) is 0.325. The van der Waals surface area contributed by atoms with E-state index in [1.165, 1.54) is 12.8 Å². The molecule has 90 valence electrons. The fourth-order valence-corrected chi connectivity index (χ4v) is 3.53. The zero-order valence-corrected chi connectivity index (χ0v) is 11.0. The van der Waals surface area contributed by atoms with Gasteiger partial charge in [-0.15, -0.1) is 11.6 Å². The summed E-state index contributed by atoms with van der Waals surface area (Å²) in [5.41, 5.74) is 0. The molecular formula is C11H21ClO2S. The van der Waals surface area contributed by atoms with Gasteiger partial charge in [0.15, 0.2) is 0 Å². The quantitative estimate of drug-likeness (QED) is 0.705. The Morgan fingerprint density at radius 2 is 2.07 bits per heavy atom. The van der Waals surface area contributed by atoms with Crippen molar-refractivity contribution in [2.24, 2.45) is 5.92 Å². The fraction of sp³-hybridized carbons (Fsp3) is 1.00. The standard InChI is InChI=1S/C11H21ClO2S/c1-2-15(13,14)8-4-6-10-5-3-7-11(12)9-10/h10-11H,2-9H2,1H3. The third-order valence-electron chi connectivity index (χ3n) is 3.23. The van der Waals surface area contributed by atoms with Crippen molar-refractivity contribution in [3.05, 3.63) is 0 Å². The third kappa shape index (κ3) is 5.21. The van der Waals surface area contributed by atoms with Crippen LogP contribution in [0.1, 0.15) is 45.4 Å². The lowest BCUT2D eigenvalue weighted by Gasteiger charge is -2.25. The van der Waals surface area contributed by atoms with Gasteiger partial charge in [0.05, 0.1) is 5.75 Å². The Bertz CT molecular complexity index is 274. The van der Waals surface area contributed by atoms with Gasteiger partial charge < -0.3 is 0 Å². The minimum atomic E-state index is -2.77. The molecule has 1 fully saturated rings. The lowest BCUT2D eigenvalue weighted by molar-refractivity contribution is 0.341. The first-order valence-corrected chi connectivity index (χ1v) is 8.14. The molecule has 4 heteroatoms. The summed E-state index contributed by atoms with van der Waals surface area (Å²) >= 11 is 6.09. The van der Waals surface area contributed by atoms with Crippen molar-refractivity contribution in [2.75, 3.05) is 11.5 Å². The summed E-state index contributed by atoms with van der Waals surface area (Å²) in [6.07, 6.45) is 6.49. The second-order valence-corrected chi connectivity index (χ2v) is 7.60. The van der Waals surface area contributed by atoms with Gasteiger partial charge in [-0.05, 0) is 31.6 Å². The molecule has 2 atom stereocenters. The van der Waals surface area contributed by atoms with E-state index < -0.39 is 9.84 Å². The van der Waals surface area contributed by atoms with Gasteiger partial charge in [0.1, 0.15) is 9.84 Å². The van der Waals surface area contributed by atoms with Gasteiger partial charge in [0.25, 0.3) is 0 Å². The number of hydrogen-bond donors (Lipinski definition) is 0. The SMILES string of the molecule is CCS(=O)(=O)CCCC1CCCC(Cl)C1. The highest BCUT2D eigenvalue weighted by Crippen LogP contribution is 2.30. The van der Waals surface area contributed by atoms with E-state index in [1.54, 1.807) is 6.92 Å². The van der Waals surface area contributed by atoms with E-state index >= 15 is 0 Å². The van der Waals surface area contributed by atoms with Crippen LogP contribution in [-0.2, 0) is 9.84 Å². The molecule has 15 heavy (non-hydrogen) atoms. The minimum Gasteiger partial charge on any atom is -0.229 e. The summed E-state index contributed by atoms with van der Waals surface area (Å²) in [4.78, 5) is 0. The van der Waals surface area contributed by atoms with Crippen LogP contribution in [0.15, 0.2) is 0 Å². The van der Waals surface area contributed by atoms with Crippen LogP contribution in [0, 0.1) is 5.92 Å². The number of sulfone groups is 1. The highest BCUT2D eigenvalue weighted by atomic mass is 35.5. The Labute approximate surface area is 98.3 Å². The molecule has 1 aliphatic rings. The number of rotatable bonds is 5. The molecule has 2 unspecified atom stereocenters. The van der Waals surface area contributed by atoms with Crippen LogP contribution < -0.4 is 0 Å². The van der Waals surface area contributed by atoms with E-state index in [0.29, 0.717) is 17.0 Å². The smallest absolute Gasteiger partial charge is 0.150 e. The normalized spacial score (nSPS) is 27.9. The molecule has 1 aliphatic carbocycles. The molecule has 1 rings (SSSR count). The lowest BCUT2D eigenvalue weighted by atomic mass is 9.86. The number of alkyl halides is 1. The van der Waals surface area contributed by atoms with E-state index in [-0.39, 0.29) is 5.75 Å². The summed E-state index contributed by atoms with van der Waals surface area (Å²) in [6.45, 7) is 1.71. The lowest BCUT2D eigenvalue weighted by Crippen LogP contribution is -2.17. The van der Waals surface area contributed by atoms with Gasteiger partial charge in [0.2, 0.25) is 0 Å².